The van der Waals surface area contributed by atoms with Crippen LogP contribution in [0, 0.1) is 12.3 Å². The number of nitrogens with one attached hydrogen (secondary N) is 2. The first kappa shape index (κ1) is 22.7. The third-order valence-electron chi connectivity index (χ3n) is 5.69. The van der Waals surface area contributed by atoms with Gasteiger partial charge in [-0.15, -0.1) is 0 Å². The predicted molar refractivity (Wildman–Crippen MR) is 124 cm³/mol. The third-order valence-corrected chi connectivity index (χ3v) is 5.69. The smallest absolute Gasteiger partial charge is 0.287 e. The number of phenols is 1. The van der Waals surface area contributed by atoms with Crippen LogP contribution in [0.5, 0.6) is 5.75 Å². The number of amides is 1. The average molecular weight is 449 g/mol. The summed E-state index contributed by atoms with van der Waals surface area (Å²) in [5, 5.41) is 21.9. The molecule has 1 aromatic carbocycles. The van der Waals surface area contributed by atoms with Gasteiger partial charge in [-0.05, 0) is 25.1 Å². The van der Waals surface area contributed by atoms with Crippen molar-refractivity contribution in [2.75, 3.05) is 26.3 Å². The minimum Gasteiger partial charge on any atom is -0.508 e. The predicted octanol–water partition coefficient (Wildman–Crippen LogP) is 3.45. The van der Waals surface area contributed by atoms with Gasteiger partial charge < -0.3 is 25.0 Å². The fraction of sp³-hybridized carbons (Fsp3) is 0.320. The molecule has 1 aliphatic rings. The Morgan fingerprint density at radius 2 is 2.03 bits per heavy atom. The summed E-state index contributed by atoms with van der Waals surface area (Å²) in [5.41, 5.74) is 2.25. The average Bonchev–Trinajstić information content (AvgIpc) is 3.20. The highest BCUT2D eigenvalue weighted by Gasteiger charge is 2.24. The van der Waals surface area contributed by atoms with Gasteiger partial charge in [0.2, 0.25) is 0 Å². The lowest BCUT2D eigenvalue weighted by Crippen LogP contribution is -2.35. The monoisotopic (exact) mass is 448 g/mol. The first-order valence-corrected chi connectivity index (χ1v) is 11.0. The molecule has 0 bridgehead atoms. The summed E-state index contributed by atoms with van der Waals surface area (Å²) >= 11 is 0. The van der Waals surface area contributed by atoms with Crippen LogP contribution in [0.2, 0.25) is 0 Å². The molecule has 1 amide bonds. The Morgan fingerprint density at radius 1 is 1.24 bits per heavy atom. The van der Waals surface area contributed by atoms with E-state index in [0.29, 0.717) is 36.6 Å². The number of furan rings is 1. The van der Waals surface area contributed by atoms with Crippen molar-refractivity contribution in [3.8, 4) is 5.75 Å². The maximum absolute atomic E-state index is 13.2. The zero-order valence-electron chi connectivity index (χ0n) is 18.6. The number of nitrogens with zero attached hydrogens (tertiary/aromatic N) is 2. The van der Waals surface area contributed by atoms with E-state index in [-0.39, 0.29) is 23.8 Å². The van der Waals surface area contributed by atoms with Crippen molar-refractivity contribution in [2.45, 2.75) is 25.9 Å². The molecule has 3 aromatic rings. The summed E-state index contributed by atoms with van der Waals surface area (Å²) in [6.07, 6.45) is 3.45. The van der Waals surface area contributed by atoms with Crippen molar-refractivity contribution in [2.24, 2.45) is 0 Å². The summed E-state index contributed by atoms with van der Waals surface area (Å²) < 4.78 is 11.3. The Labute approximate surface area is 192 Å². The van der Waals surface area contributed by atoms with Crippen molar-refractivity contribution in [3.05, 3.63) is 83.1 Å². The van der Waals surface area contributed by atoms with E-state index in [0.717, 1.165) is 24.4 Å². The van der Waals surface area contributed by atoms with Gasteiger partial charge in [-0.3, -0.25) is 14.7 Å². The van der Waals surface area contributed by atoms with Gasteiger partial charge in [0.15, 0.2) is 5.76 Å². The highest BCUT2D eigenvalue weighted by Crippen LogP contribution is 2.28. The maximum atomic E-state index is 13.2. The lowest BCUT2D eigenvalue weighted by molar-refractivity contribution is 0.0311. The number of carbonyl (C=O) groups is 1. The normalized spacial score (nSPS) is 15.2. The number of hydrogen-bond acceptors (Lipinski definition) is 7. The topological polar surface area (TPSA) is 112 Å². The Morgan fingerprint density at radius 3 is 2.76 bits per heavy atom. The molecule has 1 aliphatic heterocycles. The molecular formula is C25H28N4O4. The second kappa shape index (κ2) is 10.4. The summed E-state index contributed by atoms with van der Waals surface area (Å²) in [5.74, 6) is 0.646. The van der Waals surface area contributed by atoms with Crippen molar-refractivity contribution in [3.63, 3.8) is 0 Å². The van der Waals surface area contributed by atoms with Gasteiger partial charge in [0, 0.05) is 54.3 Å². The van der Waals surface area contributed by atoms with E-state index in [1.54, 1.807) is 48.8 Å². The van der Waals surface area contributed by atoms with Gasteiger partial charge in [0.25, 0.3) is 5.91 Å². The van der Waals surface area contributed by atoms with E-state index in [2.05, 4.69) is 15.2 Å². The number of aromatic nitrogens is 1. The van der Waals surface area contributed by atoms with Crippen molar-refractivity contribution in [1.82, 2.24) is 15.2 Å². The van der Waals surface area contributed by atoms with Crippen LogP contribution < -0.4 is 5.32 Å². The zero-order chi connectivity index (χ0) is 23.2. The van der Waals surface area contributed by atoms with Gasteiger partial charge in [0.1, 0.15) is 11.5 Å². The largest absolute Gasteiger partial charge is 0.508 e. The molecule has 0 saturated carbocycles. The van der Waals surface area contributed by atoms with E-state index in [9.17, 15) is 9.90 Å². The third kappa shape index (κ3) is 5.66. The molecule has 4 rings (SSSR count). The van der Waals surface area contributed by atoms with Crippen LogP contribution in [-0.4, -0.2) is 52.9 Å². The molecule has 1 atom stereocenters. The molecule has 1 fully saturated rings. The Kier molecular flexibility index (Phi) is 7.16. The minimum absolute atomic E-state index is 0.0611. The lowest BCUT2D eigenvalue weighted by Gasteiger charge is -2.25. The molecule has 33 heavy (non-hydrogen) atoms. The van der Waals surface area contributed by atoms with Crippen LogP contribution in [0.25, 0.3) is 0 Å². The quantitative estimate of drug-likeness (QED) is 0.455. The molecule has 3 heterocycles. The van der Waals surface area contributed by atoms with E-state index >= 15 is 0 Å². The first-order valence-electron chi connectivity index (χ1n) is 11.0. The number of benzene rings is 1. The number of ether oxygens (including phenoxy) is 1. The number of rotatable bonds is 8. The van der Waals surface area contributed by atoms with Crippen molar-refractivity contribution in [1.29, 1.82) is 5.41 Å². The number of carbonyl (C=O) groups excluding carboxylic acids is 1. The molecule has 0 aliphatic carbocycles. The molecule has 172 valence electrons. The number of aryl methyl sites for hydroxylation is 1. The van der Waals surface area contributed by atoms with E-state index in [1.165, 1.54) is 0 Å². The van der Waals surface area contributed by atoms with Crippen LogP contribution in [0.3, 0.4) is 0 Å². The molecule has 1 unspecified atom stereocenters. The summed E-state index contributed by atoms with van der Waals surface area (Å²) in [6.45, 7) is 5.50. The fourth-order valence-corrected chi connectivity index (χ4v) is 3.94. The highest BCUT2D eigenvalue weighted by atomic mass is 16.5. The van der Waals surface area contributed by atoms with Gasteiger partial charge >= 0.3 is 0 Å². The summed E-state index contributed by atoms with van der Waals surface area (Å²) in [6, 6.07) is 11.7. The lowest BCUT2D eigenvalue weighted by atomic mass is 9.97. The zero-order valence-corrected chi connectivity index (χ0v) is 18.6. The molecule has 8 heteroatoms. The maximum Gasteiger partial charge on any atom is 0.287 e. The van der Waals surface area contributed by atoms with E-state index in [4.69, 9.17) is 14.6 Å². The number of phenolic OH excluding ortho intramolecular Hbond substituents is 1. The molecule has 0 radical (unpaired) electrons. The molecular weight excluding hydrogens is 420 g/mol. The van der Waals surface area contributed by atoms with E-state index < -0.39 is 6.04 Å². The molecule has 2 aromatic heterocycles. The summed E-state index contributed by atoms with van der Waals surface area (Å²) in [7, 11) is 0. The van der Waals surface area contributed by atoms with Crippen LogP contribution in [0.4, 0.5) is 0 Å². The Hall–Kier alpha value is -3.49. The van der Waals surface area contributed by atoms with Crippen molar-refractivity contribution < 1.29 is 19.1 Å². The number of morpholine rings is 1. The van der Waals surface area contributed by atoms with Gasteiger partial charge in [-0.1, -0.05) is 24.3 Å². The van der Waals surface area contributed by atoms with Crippen LogP contribution in [-0.2, 0) is 11.3 Å². The fourth-order valence-electron chi connectivity index (χ4n) is 3.94. The van der Waals surface area contributed by atoms with Crippen LogP contribution in [0.15, 0.2) is 59.3 Å². The van der Waals surface area contributed by atoms with Gasteiger partial charge in [0.05, 0.1) is 25.8 Å². The number of para-hydroxylation sites is 1. The Bertz CT molecular complexity index is 1110. The standard InChI is InChI=1S/C25H28N4O4/c1-17-13-19(16-29-9-11-32-12-10-29)33-24(17)25(31)28-22(20-6-2-3-7-23(20)30)14-21(26)18-5-4-8-27-15-18/h2-8,13,15,22,26,30H,9-12,14,16H2,1H3,(H,28,31). The van der Waals surface area contributed by atoms with Crippen molar-refractivity contribution >= 4 is 11.6 Å². The second-order valence-corrected chi connectivity index (χ2v) is 8.12. The molecule has 3 N–H and O–H groups in total. The first-order chi connectivity index (χ1) is 16.0. The molecule has 8 nitrogen and oxygen atoms in total. The molecule has 0 spiro atoms. The van der Waals surface area contributed by atoms with Crippen LogP contribution in [0.1, 0.15) is 45.5 Å². The number of pyridine rings is 1. The van der Waals surface area contributed by atoms with Gasteiger partial charge in [-0.2, -0.15) is 0 Å². The van der Waals surface area contributed by atoms with Gasteiger partial charge in [-0.25, -0.2) is 0 Å². The number of aromatic hydroxyl groups is 1. The highest BCUT2D eigenvalue weighted by molar-refractivity contribution is 5.99. The minimum atomic E-state index is -0.612. The number of hydrogen-bond donors (Lipinski definition) is 3. The molecule has 1 saturated heterocycles. The SMILES string of the molecule is Cc1cc(CN2CCOCC2)oc1C(=O)NC(CC(=N)c1cccnc1)c1ccccc1O. The van der Waals surface area contributed by atoms with Crippen LogP contribution >= 0.6 is 0 Å². The van der Waals surface area contributed by atoms with E-state index in [1.807, 2.05) is 13.0 Å². The second-order valence-electron chi connectivity index (χ2n) is 8.12. The Balaban J connectivity index is 1.52. The summed E-state index contributed by atoms with van der Waals surface area (Å²) in [4.78, 5) is 19.5.